The summed E-state index contributed by atoms with van der Waals surface area (Å²) in [4.78, 5) is 33.4. The van der Waals surface area contributed by atoms with Crippen LogP contribution in [0, 0.1) is 95.3 Å². The first-order valence-electron chi connectivity index (χ1n) is 6.18. The van der Waals surface area contributed by atoms with Gasteiger partial charge in [-0.3, -0.25) is 9.97 Å². The van der Waals surface area contributed by atoms with E-state index in [9.17, 15) is 0 Å². The second-order valence-electron chi connectivity index (χ2n) is 3.89. The number of hydrogen-bond donors (Lipinski definition) is 0. The Morgan fingerprint density at radius 1 is 0.593 bits per heavy atom. The van der Waals surface area contributed by atoms with Gasteiger partial charge >= 0.3 is 49.4 Å². The van der Waals surface area contributed by atoms with Crippen LogP contribution in [0.4, 0.5) is 0 Å². The fourth-order valence-electron chi connectivity index (χ4n) is 1.68. The molecule has 0 unspecified atom stereocenters. The van der Waals surface area contributed by atoms with Crippen LogP contribution in [0.2, 0.25) is 0 Å². The number of nitrogens with zero attached hydrogens (tertiary/aromatic N) is 5. The number of pyridine rings is 2. The molecular weight excluding hydrogens is 510 g/mol. The Bertz CT molecular complexity index is 800. The predicted molar refractivity (Wildman–Crippen MR) is 88.1 cm³/mol. The number of rotatable bonds is 0. The molecule has 0 radical (unpaired) electrons. The molecule has 3 aromatic rings. The Morgan fingerprint density at radius 2 is 0.852 bits per heavy atom. The summed E-state index contributed by atoms with van der Waals surface area (Å²) < 4.78 is 0. The zero-order chi connectivity index (χ0) is 20.1. The second kappa shape index (κ2) is 14.4. The van der Waals surface area contributed by atoms with Gasteiger partial charge in [0.05, 0.1) is 26.3 Å². The van der Waals surface area contributed by atoms with Gasteiger partial charge in [0, 0.05) is 23.2 Å². The van der Waals surface area contributed by atoms with Gasteiger partial charge in [-0.25, -0.2) is 0 Å². The van der Waals surface area contributed by atoms with Gasteiger partial charge in [-0.05, 0) is 12.1 Å². The van der Waals surface area contributed by atoms with E-state index in [0.29, 0.717) is 0 Å². The van der Waals surface area contributed by atoms with Gasteiger partial charge < -0.3 is 46.0 Å². The van der Waals surface area contributed by atoms with Crippen molar-refractivity contribution in [3.05, 3.63) is 94.8 Å². The van der Waals surface area contributed by atoms with Gasteiger partial charge in [0.15, 0.2) is 0 Å². The molecule has 0 saturated heterocycles. The maximum atomic E-state index is 8.25. The third-order valence-corrected chi connectivity index (χ3v) is 2.34. The van der Waals surface area contributed by atoms with E-state index in [2.05, 4.69) is 34.2 Å². The topological polar surface area (TPSA) is 224 Å². The largest absolute Gasteiger partial charge is 3.00 e. The molecule has 3 rings (SSSR count). The normalized spacial score (nSPS) is 8.30. The molecule has 0 aliphatic heterocycles. The SMILES string of the molecule is O=[N+]([O-])[O-].O=[N+]([O-])[O-].O=[N+]([O-])[O-].[Eu+3].c1cnc2c(c1)ccc1cccnc12. The van der Waals surface area contributed by atoms with E-state index in [-0.39, 0.29) is 49.4 Å². The summed E-state index contributed by atoms with van der Waals surface area (Å²) in [5, 5.41) is 46.5. The van der Waals surface area contributed by atoms with E-state index in [1.54, 1.807) is 12.4 Å². The predicted octanol–water partition coefficient (Wildman–Crippen LogP) is 2.07. The molecule has 0 saturated carbocycles. The summed E-state index contributed by atoms with van der Waals surface area (Å²) in [6.07, 6.45) is 3.60. The maximum absolute atomic E-state index is 8.25. The Morgan fingerprint density at radius 3 is 1.11 bits per heavy atom. The minimum absolute atomic E-state index is 0. The van der Waals surface area contributed by atoms with Crippen LogP contribution < -0.4 is 0 Å². The molecule has 0 amide bonds. The minimum atomic E-state index is -1.75. The van der Waals surface area contributed by atoms with Crippen LogP contribution in [0.1, 0.15) is 0 Å². The van der Waals surface area contributed by atoms with Crippen molar-refractivity contribution < 1.29 is 64.6 Å². The molecule has 0 bridgehead atoms. The van der Waals surface area contributed by atoms with E-state index in [1.165, 1.54) is 0 Å². The van der Waals surface area contributed by atoms with Gasteiger partial charge in [-0.1, -0.05) is 24.3 Å². The Hall–Kier alpha value is -2.78. The van der Waals surface area contributed by atoms with Gasteiger partial charge in [-0.2, -0.15) is 0 Å². The zero-order valence-corrected chi connectivity index (χ0v) is 15.3. The number of fused-ring (bicyclic) bond motifs is 3. The smallest absolute Gasteiger partial charge is 0.356 e. The van der Waals surface area contributed by atoms with Crippen molar-refractivity contribution in [2.24, 2.45) is 0 Å². The van der Waals surface area contributed by atoms with Crippen LogP contribution in [0.15, 0.2) is 48.8 Å². The summed E-state index contributed by atoms with van der Waals surface area (Å²) >= 11 is 0. The monoisotopic (exact) mass is 519 g/mol. The first kappa shape index (κ1) is 26.5. The molecule has 0 aliphatic rings. The second-order valence-corrected chi connectivity index (χ2v) is 3.89. The fourth-order valence-corrected chi connectivity index (χ4v) is 1.68. The van der Waals surface area contributed by atoms with Crippen molar-refractivity contribution in [1.29, 1.82) is 0 Å². The van der Waals surface area contributed by atoms with Crippen LogP contribution in [-0.2, 0) is 0 Å². The van der Waals surface area contributed by atoms with Crippen LogP contribution in [0.25, 0.3) is 21.8 Å². The molecule has 15 heteroatoms. The van der Waals surface area contributed by atoms with Crippen LogP contribution in [0.5, 0.6) is 0 Å². The van der Waals surface area contributed by atoms with Gasteiger partial charge in [0.25, 0.3) is 0 Å². The van der Waals surface area contributed by atoms with Crippen molar-refractivity contribution in [1.82, 2.24) is 9.97 Å². The molecule has 14 nitrogen and oxygen atoms in total. The fraction of sp³-hybridized carbons (Fsp3) is 0. The first-order valence-corrected chi connectivity index (χ1v) is 6.18. The first-order chi connectivity index (χ1) is 12.1. The summed E-state index contributed by atoms with van der Waals surface area (Å²) in [7, 11) is 0. The van der Waals surface area contributed by atoms with Crippen LogP contribution >= 0.6 is 0 Å². The van der Waals surface area contributed by atoms with E-state index in [4.69, 9.17) is 46.0 Å². The average molecular weight is 518 g/mol. The number of aromatic nitrogens is 2. The Kier molecular flexibility index (Phi) is 14.1. The van der Waals surface area contributed by atoms with Crippen LogP contribution in [0.3, 0.4) is 0 Å². The van der Waals surface area contributed by atoms with Gasteiger partial charge in [0.2, 0.25) is 0 Å². The van der Waals surface area contributed by atoms with Gasteiger partial charge in [-0.15, -0.1) is 0 Å². The van der Waals surface area contributed by atoms with E-state index >= 15 is 0 Å². The van der Waals surface area contributed by atoms with Crippen molar-refractivity contribution in [2.45, 2.75) is 0 Å². The Balaban J connectivity index is 0. The molecule has 2 heterocycles. The number of hydrogen-bond acceptors (Lipinski definition) is 11. The molecule has 0 aliphatic carbocycles. The quantitative estimate of drug-likeness (QED) is 0.238. The van der Waals surface area contributed by atoms with E-state index in [0.717, 1.165) is 21.8 Å². The van der Waals surface area contributed by atoms with E-state index in [1.807, 2.05) is 12.1 Å². The third kappa shape index (κ3) is 13.1. The molecule has 142 valence electrons. The van der Waals surface area contributed by atoms with E-state index < -0.39 is 15.3 Å². The third-order valence-electron chi connectivity index (χ3n) is 2.34. The standard InChI is InChI=1S/C12H8N2.Eu.3NO3/c1-3-9-5-6-10-4-2-8-14-12(10)11(9)13-7-1;;3*2-1(3)4/h1-8H;;;;/q;+3;3*-1. The molecule has 2 aromatic heterocycles. The van der Waals surface area contributed by atoms with Crippen LogP contribution in [-0.4, -0.2) is 25.2 Å². The molecule has 1 aromatic carbocycles. The zero-order valence-electron chi connectivity index (χ0n) is 12.9. The average Bonchev–Trinajstić information content (AvgIpc) is 2.53. The molecule has 0 spiro atoms. The van der Waals surface area contributed by atoms with Gasteiger partial charge in [0.1, 0.15) is 0 Å². The number of benzene rings is 1. The summed E-state index contributed by atoms with van der Waals surface area (Å²) in [5.74, 6) is 0. The molecule has 27 heavy (non-hydrogen) atoms. The summed E-state index contributed by atoms with van der Waals surface area (Å²) in [6.45, 7) is 0. The molecule has 0 fully saturated rings. The summed E-state index contributed by atoms with van der Waals surface area (Å²) in [6, 6.07) is 12.1. The van der Waals surface area contributed by atoms with Crippen molar-refractivity contribution in [2.75, 3.05) is 0 Å². The van der Waals surface area contributed by atoms with Crippen molar-refractivity contribution in [3.8, 4) is 0 Å². The molecule has 0 N–H and O–H groups in total. The maximum Gasteiger partial charge on any atom is 3.00 e. The molecular formula is C12H8EuN5O9. The molecule has 0 atom stereocenters. The Labute approximate surface area is 189 Å². The summed E-state index contributed by atoms with van der Waals surface area (Å²) in [5.41, 5.74) is 1.95. The minimum Gasteiger partial charge on any atom is -0.356 e. The van der Waals surface area contributed by atoms with Crippen molar-refractivity contribution in [3.63, 3.8) is 0 Å². The van der Waals surface area contributed by atoms with Crippen molar-refractivity contribution >= 4 is 21.8 Å².